The van der Waals surface area contributed by atoms with E-state index in [1.54, 1.807) is 36.7 Å². The highest BCUT2D eigenvalue weighted by atomic mass is 19.1. The van der Waals surface area contributed by atoms with Crippen LogP contribution in [0.4, 0.5) is 20.2 Å². The molecule has 6 aromatic carbocycles. The van der Waals surface area contributed by atoms with Crippen molar-refractivity contribution in [3.63, 3.8) is 0 Å². The first kappa shape index (κ1) is 26.4. The van der Waals surface area contributed by atoms with Gasteiger partial charge >= 0.3 is 0 Å². The maximum atomic E-state index is 13.3. The second-order valence-corrected chi connectivity index (χ2v) is 10.6. The van der Waals surface area contributed by atoms with Gasteiger partial charge in [-0.25, -0.2) is 8.78 Å². The molecule has 0 radical (unpaired) electrons. The molecule has 0 amide bonds. The van der Waals surface area contributed by atoms with E-state index >= 15 is 0 Å². The average molecular weight is 561 g/mol. The predicted molar refractivity (Wildman–Crippen MR) is 171 cm³/mol. The molecule has 0 unspecified atom stereocenters. The van der Waals surface area contributed by atoms with Gasteiger partial charge in [-0.2, -0.15) is 0 Å². The zero-order valence-electron chi connectivity index (χ0n) is 23.2. The van der Waals surface area contributed by atoms with Crippen LogP contribution in [0.15, 0.2) is 156 Å². The van der Waals surface area contributed by atoms with Gasteiger partial charge in [-0.05, 0) is 93.0 Å². The fourth-order valence-corrected chi connectivity index (χ4v) is 6.01. The first-order valence-corrected chi connectivity index (χ1v) is 14.1. The summed E-state index contributed by atoms with van der Waals surface area (Å²) in [5.41, 5.74) is 9.91. The van der Waals surface area contributed by atoms with Crippen molar-refractivity contribution >= 4 is 23.8 Å². The van der Waals surface area contributed by atoms with Gasteiger partial charge in [0.2, 0.25) is 0 Å². The van der Waals surface area contributed by atoms with Crippen molar-refractivity contribution in [2.24, 2.45) is 9.98 Å². The van der Waals surface area contributed by atoms with E-state index in [-0.39, 0.29) is 11.6 Å². The van der Waals surface area contributed by atoms with Crippen LogP contribution in [-0.4, -0.2) is 12.4 Å². The van der Waals surface area contributed by atoms with E-state index in [0.717, 1.165) is 33.6 Å². The van der Waals surface area contributed by atoms with Gasteiger partial charge in [0.15, 0.2) is 0 Å². The minimum Gasteiger partial charge on any atom is -0.256 e. The topological polar surface area (TPSA) is 24.7 Å². The summed E-state index contributed by atoms with van der Waals surface area (Å²) in [4.78, 5) is 9.27. The molecule has 7 rings (SSSR count). The van der Waals surface area contributed by atoms with Crippen molar-refractivity contribution in [3.8, 4) is 11.1 Å². The summed E-state index contributed by atoms with van der Waals surface area (Å²) in [5.74, 6) is -0.534. The number of fused-ring (bicyclic) bond motifs is 3. The predicted octanol–water partition coefficient (Wildman–Crippen LogP) is 9.83. The second-order valence-electron chi connectivity index (χ2n) is 10.6. The molecular weight excluding hydrogens is 534 g/mol. The third-order valence-electron chi connectivity index (χ3n) is 8.02. The van der Waals surface area contributed by atoms with Gasteiger partial charge in [0, 0.05) is 12.4 Å². The number of aliphatic imine (C=N–C) groups is 2. The summed E-state index contributed by atoms with van der Waals surface area (Å²) in [5, 5.41) is 0. The van der Waals surface area contributed by atoms with E-state index in [1.165, 1.54) is 46.5 Å². The standard InChI is InChI=1S/C39H26F2N2/c40-31-17-9-27(10-18-31)25-42-33-21-13-29(14-22-33)39(37-7-3-1-5-35(37)36-6-2-4-8-38(36)39)30-15-23-34(24-16-30)43-26-28-11-19-32(41)20-12-28/h1-26H. The van der Waals surface area contributed by atoms with Crippen molar-refractivity contribution in [2.75, 3.05) is 0 Å². The molecule has 0 saturated carbocycles. The van der Waals surface area contributed by atoms with Crippen LogP contribution in [0.25, 0.3) is 11.1 Å². The number of halogens is 2. The molecule has 0 fully saturated rings. The Morgan fingerprint density at radius 1 is 0.419 bits per heavy atom. The lowest BCUT2D eigenvalue weighted by atomic mass is 9.67. The molecule has 0 bridgehead atoms. The summed E-state index contributed by atoms with van der Waals surface area (Å²) in [6.45, 7) is 0. The number of hydrogen-bond donors (Lipinski definition) is 0. The third-order valence-corrected chi connectivity index (χ3v) is 8.02. The first-order valence-electron chi connectivity index (χ1n) is 14.1. The van der Waals surface area contributed by atoms with Crippen molar-refractivity contribution in [1.29, 1.82) is 0 Å². The number of rotatable bonds is 6. The van der Waals surface area contributed by atoms with Crippen molar-refractivity contribution in [2.45, 2.75) is 5.41 Å². The van der Waals surface area contributed by atoms with Gasteiger partial charge in [-0.3, -0.25) is 9.98 Å². The van der Waals surface area contributed by atoms with Gasteiger partial charge in [0.05, 0.1) is 16.8 Å². The molecule has 0 saturated heterocycles. The van der Waals surface area contributed by atoms with Crippen LogP contribution in [0.3, 0.4) is 0 Å². The van der Waals surface area contributed by atoms with Crippen LogP contribution in [0.2, 0.25) is 0 Å². The highest BCUT2D eigenvalue weighted by Gasteiger charge is 2.45. The largest absolute Gasteiger partial charge is 0.256 e. The zero-order valence-corrected chi connectivity index (χ0v) is 23.2. The van der Waals surface area contributed by atoms with E-state index in [1.807, 2.05) is 24.3 Å². The molecule has 0 spiro atoms. The molecule has 0 atom stereocenters. The summed E-state index contributed by atoms with van der Waals surface area (Å²) in [6, 6.07) is 46.5. The second kappa shape index (κ2) is 11.1. The molecular formula is C39H26F2N2. The van der Waals surface area contributed by atoms with Crippen LogP contribution < -0.4 is 0 Å². The Balaban J connectivity index is 1.31. The van der Waals surface area contributed by atoms with Crippen LogP contribution in [0, 0.1) is 11.6 Å². The third kappa shape index (κ3) is 4.87. The molecule has 2 nitrogen and oxygen atoms in total. The molecule has 206 valence electrons. The highest BCUT2D eigenvalue weighted by Crippen LogP contribution is 2.56. The SMILES string of the molecule is Fc1ccc(C=Nc2ccc(C3(c4ccc(N=Cc5ccc(F)cc5)cc4)c4ccccc4-c4ccccc43)cc2)cc1. The monoisotopic (exact) mass is 560 g/mol. The van der Waals surface area contributed by atoms with Crippen molar-refractivity contribution in [3.05, 3.63) is 191 Å². The van der Waals surface area contributed by atoms with Gasteiger partial charge < -0.3 is 0 Å². The maximum Gasteiger partial charge on any atom is 0.123 e. The van der Waals surface area contributed by atoms with Gasteiger partial charge in [-0.15, -0.1) is 0 Å². The van der Waals surface area contributed by atoms with E-state index in [2.05, 4.69) is 82.8 Å². The average Bonchev–Trinajstić information content (AvgIpc) is 3.36. The molecule has 4 heteroatoms. The molecule has 6 aromatic rings. The molecule has 1 aliphatic rings. The Morgan fingerprint density at radius 3 is 1.19 bits per heavy atom. The van der Waals surface area contributed by atoms with E-state index in [0.29, 0.717) is 0 Å². The summed E-state index contributed by atoms with van der Waals surface area (Å²) in [6.07, 6.45) is 3.49. The summed E-state index contributed by atoms with van der Waals surface area (Å²) >= 11 is 0. The number of hydrogen-bond acceptors (Lipinski definition) is 2. The van der Waals surface area contributed by atoms with Crippen LogP contribution in [0.5, 0.6) is 0 Å². The highest BCUT2D eigenvalue weighted by molar-refractivity contribution is 5.87. The quantitative estimate of drug-likeness (QED) is 0.181. The van der Waals surface area contributed by atoms with E-state index < -0.39 is 5.41 Å². The summed E-state index contributed by atoms with van der Waals surface area (Å²) < 4.78 is 26.6. The smallest absolute Gasteiger partial charge is 0.123 e. The first-order chi connectivity index (χ1) is 21.1. The van der Waals surface area contributed by atoms with Crippen LogP contribution in [-0.2, 0) is 5.41 Å². The Labute approximate surface area is 249 Å². The lowest BCUT2D eigenvalue weighted by molar-refractivity contribution is 0.627. The Hall–Kier alpha value is -5.48. The number of nitrogens with zero attached hydrogens (tertiary/aromatic N) is 2. The van der Waals surface area contributed by atoms with E-state index in [4.69, 9.17) is 0 Å². The molecule has 0 aromatic heterocycles. The molecule has 1 aliphatic carbocycles. The Morgan fingerprint density at radius 2 is 0.791 bits per heavy atom. The van der Waals surface area contributed by atoms with Crippen molar-refractivity contribution in [1.82, 2.24) is 0 Å². The lowest BCUT2D eigenvalue weighted by Gasteiger charge is -2.34. The molecule has 0 aliphatic heterocycles. The van der Waals surface area contributed by atoms with Gasteiger partial charge in [0.25, 0.3) is 0 Å². The number of benzene rings is 6. The normalized spacial score (nSPS) is 13.3. The lowest BCUT2D eigenvalue weighted by Crippen LogP contribution is -2.28. The summed E-state index contributed by atoms with van der Waals surface area (Å²) in [7, 11) is 0. The fraction of sp³-hybridized carbons (Fsp3) is 0.0256. The molecule has 0 heterocycles. The Kier molecular flexibility index (Phi) is 6.80. The van der Waals surface area contributed by atoms with Crippen LogP contribution in [0.1, 0.15) is 33.4 Å². The van der Waals surface area contributed by atoms with Gasteiger partial charge in [0.1, 0.15) is 11.6 Å². The minimum atomic E-state index is -0.536. The van der Waals surface area contributed by atoms with Crippen molar-refractivity contribution < 1.29 is 8.78 Å². The fourth-order valence-electron chi connectivity index (χ4n) is 6.01. The van der Waals surface area contributed by atoms with Gasteiger partial charge in [-0.1, -0.05) is 97.1 Å². The van der Waals surface area contributed by atoms with E-state index in [9.17, 15) is 8.78 Å². The van der Waals surface area contributed by atoms with Crippen LogP contribution >= 0.6 is 0 Å². The minimum absolute atomic E-state index is 0.267. The molecule has 0 N–H and O–H groups in total. The maximum absolute atomic E-state index is 13.3. The Bertz CT molecular complexity index is 1810. The molecule has 43 heavy (non-hydrogen) atoms. The zero-order chi connectivity index (χ0) is 29.2.